The number of nitrogens with one attached hydrogen (secondary N) is 3. The van der Waals surface area contributed by atoms with E-state index in [-0.39, 0.29) is 37.1 Å². The summed E-state index contributed by atoms with van der Waals surface area (Å²) in [4.78, 5) is 43.2. The molecule has 164 valence electrons. The number of amides is 3. The van der Waals surface area contributed by atoms with E-state index in [0.717, 1.165) is 0 Å². The van der Waals surface area contributed by atoms with Crippen LogP contribution in [0.2, 0.25) is 0 Å². The maximum atomic E-state index is 11.5. The van der Waals surface area contributed by atoms with Crippen molar-refractivity contribution in [2.45, 2.75) is 39.3 Å². The maximum Gasteiger partial charge on any atom is 0.327 e. The number of carbonyl (C=O) groups is 4. The van der Waals surface area contributed by atoms with Crippen LogP contribution in [0.3, 0.4) is 0 Å². The van der Waals surface area contributed by atoms with Gasteiger partial charge in [0.2, 0.25) is 17.7 Å². The van der Waals surface area contributed by atoms with Crippen molar-refractivity contribution in [1.29, 1.82) is 0 Å². The second-order valence-electron chi connectivity index (χ2n) is 6.44. The Hall–Kier alpha value is -1.50. The highest BCUT2D eigenvalue weighted by Crippen LogP contribution is 2.19. The standard InChI is InChI=1S/C11H22N2O4S.C5H9NO3S/c1-11(2,7-14)9(16)10(17)13-4-3-8(15)12-5-6-18;1-3(7)6-4(2-10)5(8)9/h9,14,16,18H,3-7H2,1-2H3,(H,12,15)(H,13,17);4,10H,2H2,1H3,(H,6,7)(H,8,9)/t;4-/m.0/s1. The lowest BCUT2D eigenvalue weighted by Crippen LogP contribution is -2.46. The number of aliphatic hydroxyl groups excluding tert-OH is 2. The van der Waals surface area contributed by atoms with Gasteiger partial charge in [-0.05, 0) is 0 Å². The minimum Gasteiger partial charge on any atom is -0.480 e. The van der Waals surface area contributed by atoms with Gasteiger partial charge in [-0.3, -0.25) is 14.4 Å². The van der Waals surface area contributed by atoms with Gasteiger partial charge >= 0.3 is 5.97 Å². The first-order valence-electron chi connectivity index (χ1n) is 8.47. The second-order valence-corrected chi connectivity index (χ2v) is 7.25. The van der Waals surface area contributed by atoms with Gasteiger partial charge in [0, 0.05) is 43.4 Å². The lowest BCUT2D eigenvalue weighted by Gasteiger charge is -2.27. The van der Waals surface area contributed by atoms with Crippen molar-refractivity contribution >= 4 is 48.9 Å². The molecule has 0 rings (SSSR count). The van der Waals surface area contributed by atoms with Crippen LogP contribution in [0.15, 0.2) is 0 Å². The molecule has 12 heteroatoms. The van der Waals surface area contributed by atoms with Crippen LogP contribution >= 0.6 is 25.3 Å². The van der Waals surface area contributed by atoms with E-state index in [0.29, 0.717) is 12.3 Å². The fraction of sp³-hybridized carbons (Fsp3) is 0.750. The van der Waals surface area contributed by atoms with Crippen molar-refractivity contribution in [3.8, 4) is 0 Å². The molecular formula is C16H31N3O7S2. The minimum atomic E-state index is -1.30. The normalized spacial score (nSPS) is 12.7. The highest BCUT2D eigenvalue weighted by Gasteiger charge is 2.32. The molecule has 0 aliphatic heterocycles. The molecule has 0 aliphatic rings. The summed E-state index contributed by atoms with van der Waals surface area (Å²) in [5.41, 5.74) is -0.904. The highest BCUT2D eigenvalue weighted by molar-refractivity contribution is 7.80. The first-order chi connectivity index (χ1) is 12.9. The zero-order valence-corrected chi connectivity index (χ0v) is 18.1. The highest BCUT2D eigenvalue weighted by atomic mass is 32.1. The molecule has 0 fully saturated rings. The number of aliphatic carboxylic acids is 1. The van der Waals surface area contributed by atoms with Gasteiger partial charge in [-0.2, -0.15) is 25.3 Å². The fourth-order valence-corrected chi connectivity index (χ4v) is 1.91. The number of carboxylic acids is 1. The Morgan fingerprint density at radius 1 is 1.07 bits per heavy atom. The number of hydrogen-bond donors (Lipinski definition) is 8. The van der Waals surface area contributed by atoms with Crippen LogP contribution in [0.4, 0.5) is 0 Å². The lowest BCUT2D eigenvalue weighted by molar-refractivity contribution is -0.140. The van der Waals surface area contributed by atoms with Crippen LogP contribution in [-0.4, -0.2) is 82.4 Å². The van der Waals surface area contributed by atoms with Crippen LogP contribution < -0.4 is 16.0 Å². The number of aliphatic hydroxyl groups is 2. The molecule has 0 aromatic rings. The Morgan fingerprint density at radius 2 is 1.64 bits per heavy atom. The molecule has 3 amide bonds. The van der Waals surface area contributed by atoms with E-state index in [4.69, 9.17) is 10.2 Å². The van der Waals surface area contributed by atoms with Gasteiger partial charge in [0.15, 0.2) is 0 Å². The van der Waals surface area contributed by atoms with Crippen LogP contribution in [0.5, 0.6) is 0 Å². The molecule has 0 spiro atoms. The number of carbonyl (C=O) groups excluding carboxylic acids is 3. The summed E-state index contributed by atoms with van der Waals surface area (Å²) in [6.45, 7) is 4.75. The molecule has 1 unspecified atom stereocenters. The maximum absolute atomic E-state index is 11.5. The number of rotatable bonds is 11. The van der Waals surface area contributed by atoms with Crippen molar-refractivity contribution in [2.24, 2.45) is 5.41 Å². The summed E-state index contributed by atoms with van der Waals surface area (Å²) in [5.74, 6) is -1.53. The Labute approximate surface area is 175 Å². The van der Waals surface area contributed by atoms with Crippen LogP contribution in [0.25, 0.3) is 0 Å². The van der Waals surface area contributed by atoms with Gasteiger partial charge in [-0.1, -0.05) is 13.8 Å². The van der Waals surface area contributed by atoms with E-state index in [2.05, 4.69) is 41.2 Å². The molecule has 0 aliphatic carbocycles. The number of thiol groups is 2. The van der Waals surface area contributed by atoms with Gasteiger partial charge in [0.05, 0.1) is 6.61 Å². The molecule has 6 N–H and O–H groups in total. The summed E-state index contributed by atoms with van der Waals surface area (Å²) in [5, 5.41) is 34.3. The first-order valence-corrected chi connectivity index (χ1v) is 9.74. The molecule has 0 heterocycles. The molecule has 0 saturated heterocycles. The molecule has 0 saturated carbocycles. The summed E-state index contributed by atoms with van der Waals surface area (Å²) >= 11 is 7.68. The number of carboxylic acid groups (broad SMARTS) is 1. The lowest BCUT2D eigenvalue weighted by atomic mass is 9.87. The minimum absolute atomic E-state index is 0.106. The van der Waals surface area contributed by atoms with E-state index in [1.807, 2.05) is 0 Å². The SMILES string of the molecule is CC(=O)N[C@@H](CS)C(=O)O.CC(C)(CO)C(O)C(=O)NCCC(=O)NCCS. The zero-order chi connectivity index (χ0) is 22.3. The van der Waals surface area contributed by atoms with Gasteiger partial charge in [-0.25, -0.2) is 4.79 Å². The zero-order valence-electron chi connectivity index (χ0n) is 16.3. The molecule has 0 aromatic heterocycles. The van der Waals surface area contributed by atoms with Crippen molar-refractivity contribution < 1.29 is 34.5 Å². The smallest absolute Gasteiger partial charge is 0.327 e. The third-order valence-corrected chi connectivity index (χ3v) is 3.93. The van der Waals surface area contributed by atoms with E-state index in [1.54, 1.807) is 13.8 Å². The number of hydrogen-bond acceptors (Lipinski definition) is 8. The van der Waals surface area contributed by atoms with Gasteiger partial charge in [-0.15, -0.1) is 0 Å². The summed E-state index contributed by atoms with van der Waals surface area (Å²) < 4.78 is 0. The van der Waals surface area contributed by atoms with Crippen molar-refractivity contribution in [3.05, 3.63) is 0 Å². The second kappa shape index (κ2) is 15.4. The van der Waals surface area contributed by atoms with Gasteiger partial charge < -0.3 is 31.3 Å². The first kappa shape index (κ1) is 28.7. The Kier molecular flexibility index (Phi) is 15.8. The Bertz CT molecular complexity index is 518. The third-order valence-electron chi connectivity index (χ3n) is 3.34. The summed E-state index contributed by atoms with van der Waals surface area (Å²) in [6.07, 6.45) is -1.16. The van der Waals surface area contributed by atoms with Crippen molar-refractivity contribution in [1.82, 2.24) is 16.0 Å². The average Bonchev–Trinajstić information content (AvgIpc) is 2.63. The van der Waals surface area contributed by atoms with Crippen LogP contribution in [0, 0.1) is 5.41 Å². The summed E-state index contributed by atoms with van der Waals surface area (Å²) in [6, 6.07) is -0.874. The summed E-state index contributed by atoms with van der Waals surface area (Å²) in [7, 11) is 0. The molecule has 28 heavy (non-hydrogen) atoms. The average molecular weight is 442 g/mol. The third kappa shape index (κ3) is 13.6. The van der Waals surface area contributed by atoms with Crippen molar-refractivity contribution in [3.63, 3.8) is 0 Å². The molecular weight excluding hydrogens is 410 g/mol. The van der Waals surface area contributed by atoms with E-state index in [9.17, 15) is 24.3 Å². The van der Waals surface area contributed by atoms with Gasteiger partial charge in [0.1, 0.15) is 12.1 Å². The van der Waals surface area contributed by atoms with Crippen molar-refractivity contribution in [2.75, 3.05) is 31.2 Å². The molecule has 0 bridgehead atoms. The topological polar surface area (TPSA) is 165 Å². The predicted octanol–water partition coefficient (Wildman–Crippen LogP) is -1.58. The fourth-order valence-electron chi connectivity index (χ4n) is 1.55. The molecule has 0 radical (unpaired) electrons. The monoisotopic (exact) mass is 441 g/mol. The Balaban J connectivity index is 0. The molecule has 10 nitrogen and oxygen atoms in total. The van der Waals surface area contributed by atoms with E-state index < -0.39 is 29.4 Å². The van der Waals surface area contributed by atoms with E-state index >= 15 is 0 Å². The van der Waals surface area contributed by atoms with E-state index in [1.165, 1.54) is 6.92 Å². The quantitative estimate of drug-likeness (QED) is 0.179. The largest absolute Gasteiger partial charge is 0.480 e. The van der Waals surface area contributed by atoms with Gasteiger partial charge in [0.25, 0.3) is 0 Å². The predicted molar refractivity (Wildman–Crippen MR) is 110 cm³/mol. The van der Waals surface area contributed by atoms with Crippen LogP contribution in [0.1, 0.15) is 27.2 Å². The molecule has 0 aromatic carbocycles. The Morgan fingerprint density at radius 3 is 2.00 bits per heavy atom. The molecule has 2 atom stereocenters. The van der Waals surface area contributed by atoms with Crippen LogP contribution in [-0.2, 0) is 19.2 Å².